The summed E-state index contributed by atoms with van der Waals surface area (Å²) in [4.78, 5) is 31.0. The lowest BCUT2D eigenvalue weighted by Gasteiger charge is -2.13. The predicted molar refractivity (Wildman–Crippen MR) is 118 cm³/mol. The molecule has 1 saturated heterocycles. The van der Waals surface area contributed by atoms with E-state index in [-0.39, 0.29) is 24.0 Å². The van der Waals surface area contributed by atoms with Crippen LogP contribution >= 0.6 is 35.0 Å². The molecule has 2 aromatic carbocycles. The van der Waals surface area contributed by atoms with Crippen molar-refractivity contribution >= 4 is 63.3 Å². The second-order valence-electron chi connectivity index (χ2n) is 6.39. The Kier molecular flexibility index (Phi) is 7.40. The zero-order valence-corrected chi connectivity index (χ0v) is 18.5. The fourth-order valence-corrected chi connectivity index (χ4v) is 4.30. The highest BCUT2D eigenvalue weighted by Gasteiger charge is 2.38. The number of rotatable bonds is 7. The molecule has 11 heteroatoms. The second-order valence-corrected chi connectivity index (χ2v) is 8.43. The molecule has 0 aromatic heterocycles. The number of carbonyl (C=O) groups is 2. The van der Waals surface area contributed by atoms with Gasteiger partial charge in [0.15, 0.2) is 5.17 Å². The van der Waals surface area contributed by atoms with E-state index in [1.165, 1.54) is 40.9 Å². The highest BCUT2D eigenvalue weighted by atomic mass is 35.5. The van der Waals surface area contributed by atoms with E-state index in [2.05, 4.69) is 15.0 Å². The lowest BCUT2D eigenvalue weighted by Crippen LogP contribution is -2.33. The van der Waals surface area contributed by atoms with Crippen molar-refractivity contribution in [2.75, 3.05) is 11.9 Å². The van der Waals surface area contributed by atoms with E-state index < -0.39 is 10.8 Å². The zero-order chi connectivity index (χ0) is 22.6. The maximum absolute atomic E-state index is 12.7. The van der Waals surface area contributed by atoms with E-state index in [1.807, 2.05) is 0 Å². The quantitative estimate of drug-likeness (QED) is 0.524. The molecule has 2 amide bonds. The minimum absolute atomic E-state index is 0.0386. The topological polar surface area (TPSA) is 71.0 Å². The summed E-state index contributed by atoms with van der Waals surface area (Å²) in [5.41, 5.74) is -2.83. The van der Waals surface area contributed by atoms with Gasteiger partial charge in [-0.2, -0.15) is 0 Å². The van der Waals surface area contributed by atoms with Crippen LogP contribution in [0.2, 0.25) is 5.02 Å². The number of thioether (sulfide) groups is 1. The fourth-order valence-electron chi connectivity index (χ4n) is 2.80. The van der Waals surface area contributed by atoms with Crippen LogP contribution < -0.4 is 10.1 Å². The Morgan fingerprint density at radius 3 is 2.61 bits per heavy atom. The molecule has 6 nitrogen and oxygen atoms in total. The van der Waals surface area contributed by atoms with Gasteiger partial charge in [0.1, 0.15) is 11.0 Å². The molecule has 1 aliphatic heterocycles. The summed E-state index contributed by atoms with van der Waals surface area (Å²) in [5.74, 6) is -0.676. The van der Waals surface area contributed by atoms with Gasteiger partial charge in [-0.1, -0.05) is 29.4 Å². The van der Waals surface area contributed by atoms with Crippen LogP contribution in [0.1, 0.15) is 13.3 Å². The van der Waals surface area contributed by atoms with Gasteiger partial charge in [-0.05, 0) is 49.4 Å². The number of benzene rings is 2. The van der Waals surface area contributed by atoms with Crippen LogP contribution in [0.3, 0.4) is 0 Å². The summed E-state index contributed by atoms with van der Waals surface area (Å²) in [5, 5.41) is 3.00. The van der Waals surface area contributed by atoms with Gasteiger partial charge in [0.25, 0.3) is 0 Å². The van der Waals surface area contributed by atoms with E-state index >= 15 is 0 Å². The van der Waals surface area contributed by atoms with E-state index in [0.717, 1.165) is 0 Å². The Bertz CT molecular complexity index is 1000. The van der Waals surface area contributed by atoms with Gasteiger partial charge in [0.2, 0.25) is 11.8 Å². The molecular weight excluding hydrogens is 471 g/mol. The number of nitrogens with zero attached hydrogens (tertiary/aromatic N) is 2. The van der Waals surface area contributed by atoms with E-state index in [9.17, 15) is 18.4 Å². The molecule has 1 atom stereocenters. The first-order valence-corrected chi connectivity index (χ1v) is 10.8. The molecule has 2 aromatic rings. The van der Waals surface area contributed by atoms with Crippen molar-refractivity contribution in [3.63, 3.8) is 0 Å². The van der Waals surface area contributed by atoms with Crippen LogP contribution in [0.5, 0.6) is 5.75 Å². The lowest BCUT2D eigenvalue weighted by atomic mass is 10.2. The van der Waals surface area contributed by atoms with Gasteiger partial charge in [0.05, 0.1) is 5.69 Å². The van der Waals surface area contributed by atoms with E-state index in [1.54, 1.807) is 31.2 Å². The predicted octanol–water partition coefficient (Wildman–Crippen LogP) is 5.49. The molecule has 1 heterocycles. The third kappa shape index (κ3) is 6.56. The van der Waals surface area contributed by atoms with Crippen molar-refractivity contribution in [3.05, 3.63) is 53.6 Å². The summed E-state index contributed by atoms with van der Waals surface area (Å²) in [6.45, 7) is 2.17. The molecule has 0 aliphatic carbocycles. The maximum Gasteiger partial charge on any atom is 0.487 e. The molecule has 0 spiro atoms. The summed E-state index contributed by atoms with van der Waals surface area (Å²) in [6.07, 6.45) is -0.0386. The molecular formula is C20H17Cl2F2N3O3S. The molecule has 164 valence electrons. The number of aliphatic imine (C=N–C) groups is 1. The number of nitrogens with one attached hydrogen (secondary N) is 1. The Morgan fingerprint density at radius 2 is 2.00 bits per heavy atom. The van der Waals surface area contributed by atoms with E-state index in [4.69, 9.17) is 23.2 Å². The number of carbonyl (C=O) groups excluding carboxylic acids is 2. The Hall–Kier alpha value is -2.36. The first kappa shape index (κ1) is 23.3. The van der Waals surface area contributed by atoms with Crippen LogP contribution in [0.25, 0.3) is 0 Å². The van der Waals surface area contributed by atoms with Crippen molar-refractivity contribution in [1.29, 1.82) is 0 Å². The van der Waals surface area contributed by atoms with Gasteiger partial charge in [0, 0.05) is 35.3 Å². The van der Waals surface area contributed by atoms with Crippen LogP contribution in [0, 0.1) is 0 Å². The second kappa shape index (κ2) is 9.84. The van der Waals surface area contributed by atoms with Crippen LogP contribution in [-0.2, 0) is 9.59 Å². The average Bonchev–Trinajstić information content (AvgIpc) is 2.96. The maximum atomic E-state index is 12.7. The van der Waals surface area contributed by atoms with Crippen molar-refractivity contribution in [1.82, 2.24) is 4.90 Å². The van der Waals surface area contributed by atoms with Gasteiger partial charge < -0.3 is 10.1 Å². The summed E-state index contributed by atoms with van der Waals surface area (Å²) in [6, 6.07) is 12.2. The van der Waals surface area contributed by atoms with Crippen LogP contribution in [0.4, 0.5) is 20.2 Å². The third-order valence-corrected chi connectivity index (χ3v) is 5.60. The first-order valence-electron chi connectivity index (χ1n) is 9.12. The van der Waals surface area contributed by atoms with Crippen LogP contribution in [0.15, 0.2) is 53.5 Å². The summed E-state index contributed by atoms with van der Waals surface area (Å²) < 4.78 is 29.7. The number of hydrogen-bond donors (Lipinski definition) is 1. The van der Waals surface area contributed by atoms with Gasteiger partial charge in [-0.15, -0.1) is 8.78 Å². The molecule has 31 heavy (non-hydrogen) atoms. The standard InChI is InChI=1S/C20H17Cl2F2N3O3S/c1-2-27-18(29)16(11-17(28)25-14-5-3-4-12(21)10-14)31-19(27)26-13-6-8-15(9-7-13)30-20(22,23)24/h3-10,16H,2,11H2,1H3,(H,25,28)/t16-/m1/s1. The third-order valence-electron chi connectivity index (χ3n) is 4.11. The smallest absolute Gasteiger partial charge is 0.420 e. The average molecular weight is 488 g/mol. The Balaban J connectivity index is 1.68. The number of anilines is 1. The Labute approximate surface area is 191 Å². The molecule has 0 unspecified atom stereocenters. The minimum atomic E-state index is -3.81. The lowest BCUT2D eigenvalue weighted by molar-refractivity contribution is -0.128. The molecule has 1 N–H and O–H groups in total. The number of ether oxygens (including phenoxy) is 1. The number of amides is 2. The number of hydrogen-bond acceptors (Lipinski definition) is 5. The molecule has 0 radical (unpaired) electrons. The normalized spacial score (nSPS) is 17.8. The molecule has 0 saturated carbocycles. The zero-order valence-electron chi connectivity index (χ0n) is 16.1. The monoisotopic (exact) mass is 487 g/mol. The van der Waals surface area contributed by atoms with Gasteiger partial charge in [-0.25, -0.2) is 4.99 Å². The Morgan fingerprint density at radius 1 is 1.29 bits per heavy atom. The van der Waals surface area contributed by atoms with E-state index in [0.29, 0.717) is 28.1 Å². The summed E-state index contributed by atoms with van der Waals surface area (Å²) >= 11 is 11.8. The van der Waals surface area contributed by atoms with Crippen molar-refractivity contribution in [2.24, 2.45) is 4.99 Å². The summed E-state index contributed by atoms with van der Waals surface area (Å²) in [7, 11) is 0. The highest BCUT2D eigenvalue weighted by molar-refractivity contribution is 8.15. The van der Waals surface area contributed by atoms with Crippen molar-refractivity contribution in [2.45, 2.75) is 24.2 Å². The molecule has 0 bridgehead atoms. The molecule has 1 aliphatic rings. The number of alkyl halides is 3. The molecule has 1 fully saturated rings. The highest BCUT2D eigenvalue weighted by Crippen LogP contribution is 2.33. The SMILES string of the molecule is CCN1C(=O)[C@@H](CC(=O)Nc2cccc(Cl)c2)SC1=Nc1ccc(OC(F)(F)Cl)cc1. The van der Waals surface area contributed by atoms with Gasteiger partial charge >= 0.3 is 5.57 Å². The van der Waals surface area contributed by atoms with Crippen LogP contribution in [-0.4, -0.2) is 39.2 Å². The number of halogens is 4. The number of amidine groups is 1. The fraction of sp³-hybridized carbons (Fsp3) is 0.250. The molecule has 3 rings (SSSR count). The minimum Gasteiger partial charge on any atom is -0.420 e. The van der Waals surface area contributed by atoms with Crippen molar-refractivity contribution < 1.29 is 23.1 Å². The first-order chi connectivity index (χ1) is 14.6. The van der Waals surface area contributed by atoms with Gasteiger partial charge in [-0.3, -0.25) is 14.5 Å². The van der Waals surface area contributed by atoms with Crippen molar-refractivity contribution in [3.8, 4) is 5.75 Å². The largest absolute Gasteiger partial charge is 0.487 e.